The molecule has 3 atom stereocenters. The van der Waals surface area contributed by atoms with Crippen LogP contribution in [0.1, 0.15) is 50.2 Å². The Hall–Kier alpha value is -2.35. The molecular weight excluding hydrogens is 449 g/mol. The summed E-state index contributed by atoms with van der Waals surface area (Å²) in [5.74, 6) is -0.0592. The Morgan fingerprint density at radius 1 is 1.27 bits per heavy atom. The molecule has 0 spiro atoms. The van der Waals surface area contributed by atoms with Crippen molar-refractivity contribution in [1.82, 2.24) is 5.32 Å². The van der Waals surface area contributed by atoms with E-state index in [4.69, 9.17) is 30.5 Å². The molecule has 1 aliphatic heterocycles. The molecule has 3 rings (SSSR count). The molecule has 1 fully saturated rings. The first-order valence-corrected chi connectivity index (χ1v) is 11.4. The zero-order chi connectivity index (χ0) is 24.0. The van der Waals surface area contributed by atoms with Crippen LogP contribution < -0.4 is 14.8 Å². The molecule has 1 N–H and O–H groups in total. The highest BCUT2D eigenvalue weighted by atomic mass is 35.5. The van der Waals surface area contributed by atoms with Gasteiger partial charge in [0.15, 0.2) is 11.9 Å². The van der Waals surface area contributed by atoms with E-state index in [1.807, 2.05) is 6.92 Å². The van der Waals surface area contributed by atoms with Crippen molar-refractivity contribution in [3.8, 4) is 11.5 Å². The molecule has 1 saturated heterocycles. The maximum atomic E-state index is 14.4. The summed E-state index contributed by atoms with van der Waals surface area (Å²) in [4.78, 5) is 13.0. The third kappa shape index (κ3) is 5.96. The molecule has 0 aromatic heterocycles. The fourth-order valence-corrected chi connectivity index (χ4v) is 4.23. The number of carbonyl (C=O) groups is 1. The zero-order valence-corrected chi connectivity index (χ0v) is 20.2. The maximum Gasteiger partial charge on any atom is 0.252 e. The second kappa shape index (κ2) is 11.2. The highest BCUT2D eigenvalue weighted by Gasteiger charge is 2.44. The first kappa shape index (κ1) is 25.3. The van der Waals surface area contributed by atoms with Gasteiger partial charge in [-0.2, -0.15) is 0 Å². The number of carbonyl (C=O) groups excluding carboxylic acids is 1. The van der Waals surface area contributed by atoms with Gasteiger partial charge in [0, 0.05) is 25.1 Å². The Balaban J connectivity index is 1.91. The monoisotopic (exact) mass is 479 g/mol. The summed E-state index contributed by atoms with van der Waals surface area (Å²) in [6.45, 7) is 4.19. The predicted octanol–water partition coefficient (Wildman–Crippen LogP) is 5.22. The van der Waals surface area contributed by atoms with Crippen LogP contribution in [0.4, 0.5) is 4.39 Å². The van der Waals surface area contributed by atoms with E-state index in [1.54, 1.807) is 45.3 Å². The van der Waals surface area contributed by atoms with Gasteiger partial charge in [0.1, 0.15) is 23.9 Å². The molecule has 0 saturated carbocycles. The summed E-state index contributed by atoms with van der Waals surface area (Å²) in [7, 11) is 3.14. The number of ether oxygens (including phenoxy) is 4. The molecule has 2 aromatic rings. The number of halogens is 2. The molecule has 0 bridgehead atoms. The van der Waals surface area contributed by atoms with Crippen molar-refractivity contribution in [2.45, 2.75) is 57.5 Å². The van der Waals surface area contributed by atoms with E-state index in [2.05, 4.69) is 5.32 Å². The van der Waals surface area contributed by atoms with E-state index in [9.17, 15) is 9.18 Å². The Kier molecular flexibility index (Phi) is 8.57. The van der Waals surface area contributed by atoms with Gasteiger partial charge in [-0.15, -0.1) is 0 Å². The third-order valence-electron chi connectivity index (χ3n) is 6.12. The molecule has 6 nitrogen and oxygen atoms in total. The molecule has 0 radical (unpaired) electrons. The minimum Gasteiger partial charge on any atom is -0.497 e. The number of benzene rings is 2. The number of rotatable bonds is 9. The number of amides is 1. The molecule has 2 unspecified atom stereocenters. The Bertz CT molecular complexity index is 949. The normalized spacial score (nSPS) is 18.8. The highest BCUT2D eigenvalue weighted by molar-refractivity contribution is 6.31. The highest BCUT2D eigenvalue weighted by Crippen LogP contribution is 2.38. The van der Waals surface area contributed by atoms with Gasteiger partial charge in [0.25, 0.3) is 5.91 Å². The van der Waals surface area contributed by atoms with Crippen LogP contribution in [-0.2, 0) is 20.9 Å². The first-order valence-electron chi connectivity index (χ1n) is 11.0. The second-order valence-electron chi connectivity index (χ2n) is 8.24. The number of hydrogen-bond acceptors (Lipinski definition) is 5. The molecule has 1 heterocycles. The fourth-order valence-electron chi connectivity index (χ4n) is 3.96. The summed E-state index contributed by atoms with van der Waals surface area (Å²) in [6.07, 6.45) is 2.09. The van der Waals surface area contributed by atoms with Gasteiger partial charge in [-0.3, -0.25) is 4.79 Å². The zero-order valence-electron chi connectivity index (χ0n) is 19.5. The Labute approximate surface area is 199 Å². The van der Waals surface area contributed by atoms with Gasteiger partial charge in [0.05, 0.1) is 12.1 Å². The molecule has 33 heavy (non-hydrogen) atoms. The minimum absolute atomic E-state index is 0.0921. The number of hydrogen-bond donors (Lipinski definition) is 1. The Morgan fingerprint density at radius 2 is 1.97 bits per heavy atom. The number of nitrogens with one attached hydrogen (secondary N) is 1. The van der Waals surface area contributed by atoms with Crippen LogP contribution in [-0.4, -0.2) is 38.6 Å². The molecule has 8 heteroatoms. The molecule has 0 aliphatic carbocycles. The van der Waals surface area contributed by atoms with Crippen LogP contribution >= 0.6 is 11.6 Å². The Morgan fingerprint density at radius 3 is 2.58 bits per heavy atom. The first-order chi connectivity index (χ1) is 15.8. The van der Waals surface area contributed by atoms with E-state index in [0.717, 1.165) is 12.8 Å². The second-order valence-corrected chi connectivity index (χ2v) is 8.65. The standard InChI is InChI=1S/C25H31ClFNO5/c1-16(25(2,24(29)28-3)33-23-7-5-6-12-31-23)20-13-17(27)14-22(26)21(20)15-32-19-10-8-18(30-4)9-11-19/h8-11,13-14,16,23H,5-7,12,15H2,1-4H3,(H,28,29)/t16-,23?,25?/m0/s1. The van der Waals surface area contributed by atoms with Crippen LogP contribution in [0.2, 0.25) is 5.02 Å². The molecule has 2 aromatic carbocycles. The van der Waals surface area contributed by atoms with E-state index in [-0.39, 0.29) is 17.5 Å². The van der Waals surface area contributed by atoms with E-state index < -0.39 is 23.6 Å². The predicted molar refractivity (Wildman–Crippen MR) is 124 cm³/mol. The van der Waals surface area contributed by atoms with Gasteiger partial charge in [-0.25, -0.2) is 4.39 Å². The van der Waals surface area contributed by atoms with Crippen LogP contribution in [0, 0.1) is 5.82 Å². The van der Waals surface area contributed by atoms with Crippen molar-refractivity contribution in [2.75, 3.05) is 20.8 Å². The summed E-state index contributed by atoms with van der Waals surface area (Å²) in [6, 6.07) is 9.75. The van der Waals surface area contributed by atoms with Crippen LogP contribution in [0.3, 0.4) is 0 Å². The van der Waals surface area contributed by atoms with Gasteiger partial charge in [0.2, 0.25) is 0 Å². The van der Waals surface area contributed by atoms with E-state index in [0.29, 0.717) is 35.7 Å². The molecular formula is C25H31ClFNO5. The van der Waals surface area contributed by atoms with Crippen molar-refractivity contribution in [3.05, 3.63) is 58.4 Å². The summed E-state index contributed by atoms with van der Waals surface area (Å²) in [5, 5.41) is 2.89. The van der Waals surface area contributed by atoms with Crippen LogP contribution in [0.15, 0.2) is 36.4 Å². The van der Waals surface area contributed by atoms with Crippen molar-refractivity contribution in [2.24, 2.45) is 0 Å². The van der Waals surface area contributed by atoms with Gasteiger partial charge in [-0.1, -0.05) is 18.5 Å². The number of methoxy groups -OCH3 is 1. The lowest BCUT2D eigenvalue weighted by Crippen LogP contribution is -2.52. The summed E-state index contributed by atoms with van der Waals surface area (Å²) < 4.78 is 37.5. The van der Waals surface area contributed by atoms with Crippen molar-refractivity contribution >= 4 is 17.5 Å². The average molecular weight is 480 g/mol. The van der Waals surface area contributed by atoms with E-state index in [1.165, 1.54) is 12.1 Å². The van der Waals surface area contributed by atoms with Gasteiger partial charge >= 0.3 is 0 Å². The minimum atomic E-state index is -1.32. The SMILES string of the molecule is CNC(=O)C(C)(OC1CCCCO1)[C@@H](C)c1cc(F)cc(Cl)c1COc1ccc(OC)cc1. The van der Waals surface area contributed by atoms with Crippen molar-refractivity contribution < 1.29 is 28.1 Å². The lowest BCUT2D eigenvalue weighted by atomic mass is 9.81. The fraction of sp³-hybridized carbons (Fsp3) is 0.480. The smallest absolute Gasteiger partial charge is 0.252 e. The van der Waals surface area contributed by atoms with Crippen molar-refractivity contribution in [3.63, 3.8) is 0 Å². The quantitative estimate of drug-likeness (QED) is 0.534. The summed E-state index contributed by atoms with van der Waals surface area (Å²) >= 11 is 6.44. The topological polar surface area (TPSA) is 66.0 Å². The third-order valence-corrected chi connectivity index (χ3v) is 6.46. The van der Waals surface area contributed by atoms with Crippen LogP contribution in [0.5, 0.6) is 11.5 Å². The summed E-state index contributed by atoms with van der Waals surface area (Å²) in [5.41, 5.74) is -0.192. The molecule has 1 aliphatic rings. The number of likely N-dealkylation sites (N-methyl/N-ethyl adjacent to an activating group) is 1. The average Bonchev–Trinajstić information content (AvgIpc) is 2.82. The van der Waals surface area contributed by atoms with Crippen molar-refractivity contribution in [1.29, 1.82) is 0 Å². The van der Waals surface area contributed by atoms with Gasteiger partial charge < -0.3 is 24.3 Å². The molecule has 1 amide bonds. The maximum absolute atomic E-state index is 14.4. The van der Waals surface area contributed by atoms with E-state index >= 15 is 0 Å². The largest absolute Gasteiger partial charge is 0.497 e. The molecule has 180 valence electrons. The lowest BCUT2D eigenvalue weighted by Gasteiger charge is -2.39. The van der Waals surface area contributed by atoms with Crippen LogP contribution in [0.25, 0.3) is 0 Å². The van der Waals surface area contributed by atoms with Gasteiger partial charge in [-0.05, 0) is 68.1 Å². The lowest BCUT2D eigenvalue weighted by molar-refractivity contribution is -0.224.